The number of hydrogen-bond donors (Lipinski definition) is 0. The number of carbonyl (C=O) groups excluding carboxylic acids is 2. The van der Waals surface area contributed by atoms with Gasteiger partial charge in [0.05, 0.1) is 12.2 Å². The van der Waals surface area contributed by atoms with Gasteiger partial charge in [-0.2, -0.15) is 0 Å². The summed E-state index contributed by atoms with van der Waals surface area (Å²) in [5.41, 5.74) is 0.522. The van der Waals surface area contributed by atoms with Crippen molar-refractivity contribution in [1.29, 1.82) is 0 Å². The predicted molar refractivity (Wildman–Crippen MR) is 60.6 cm³/mol. The molecule has 4 heteroatoms. The number of hydrogen-bond acceptors (Lipinski definition) is 4. The molecule has 2 atom stereocenters. The molecule has 1 aromatic carbocycles. The fourth-order valence-corrected chi connectivity index (χ4v) is 1.82. The number of esters is 1. The van der Waals surface area contributed by atoms with Crippen molar-refractivity contribution in [2.45, 2.75) is 12.5 Å². The number of aldehydes is 1. The Hall–Kier alpha value is -1.68. The van der Waals surface area contributed by atoms with Crippen LogP contribution in [0.5, 0.6) is 0 Å². The van der Waals surface area contributed by atoms with Crippen LogP contribution in [-0.4, -0.2) is 31.6 Å². The molecule has 1 aliphatic heterocycles. The van der Waals surface area contributed by atoms with Crippen LogP contribution in [0, 0.1) is 5.92 Å². The van der Waals surface area contributed by atoms with Gasteiger partial charge in [0.25, 0.3) is 0 Å². The van der Waals surface area contributed by atoms with Gasteiger partial charge in [0.2, 0.25) is 0 Å². The molecule has 1 fully saturated rings. The second-order valence-corrected chi connectivity index (χ2v) is 3.98. The zero-order valence-electron chi connectivity index (χ0n) is 9.37. The molecule has 0 spiro atoms. The van der Waals surface area contributed by atoms with Crippen molar-refractivity contribution in [3.63, 3.8) is 0 Å². The van der Waals surface area contributed by atoms with E-state index in [0.717, 1.165) is 12.7 Å². The second-order valence-electron chi connectivity index (χ2n) is 3.98. The summed E-state index contributed by atoms with van der Waals surface area (Å²) in [7, 11) is 0. The van der Waals surface area contributed by atoms with E-state index in [1.54, 1.807) is 24.3 Å². The van der Waals surface area contributed by atoms with Crippen molar-refractivity contribution >= 4 is 12.3 Å². The molecule has 0 unspecified atom stereocenters. The maximum atomic E-state index is 11.6. The van der Waals surface area contributed by atoms with Crippen LogP contribution in [0.2, 0.25) is 0 Å². The highest BCUT2D eigenvalue weighted by Gasteiger charge is 2.29. The molecule has 0 aromatic heterocycles. The summed E-state index contributed by atoms with van der Waals surface area (Å²) in [6, 6.07) is 8.80. The minimum Gasteiger partial charge on any atom is -0.462 e. The number of ether oxygens (including phenoxy) is 2. The molecule has 1 aromatic rings. The largest absolute Gasteiger partial charge is 0.462 e. The van der Waals surface area contributed by atoms with E-state index in [4.69, 9.17) is 9.47 Å². The highest BCUT2D eigenvalue weighted by molar-refractivity contribution is 5.89. The van der Waals surface area contributed by atoms with Crippen LogP contribution in [0.25, 0.3) is 0 Å². The Bertz CT molecular complexity index is 388. The molecule has 0 amide bonds. The zero-order valence-corrected chi connectivity index (χ0v) is 9.37. The summed E-state index contributed by atoms with van der Waals surface area (Å²) in [5, 5.41) is 0. The summed E-state index contributed by atoms with van der Waals surface area (Å²) in [5.74, 6) is -0.373. The molecule has 1 saturated heterocycles. The van der Waals surface area contributed by atoms with Gasteiger partial charge in [-0.25, -0.2) is 4.79 Å². The average molecular weight is 234 g/mol. The van der Waals surface area contributed by atoms with Crippen LogP contribution >= 0.6 is 0 Å². The first kappa shape index (κ1) is 11.8. The van der Waals surface area contributed by atoms with Gasteiger partial charge in [0, 0.05) is 12.5 Å². The smallest absolute Gasteiger partial charge is 0.338 e. The molecular weight excluding hydrogens is 220 g/mol. The minimum absolute atomic E-state index is 0.0137. The first-order valence-electron chi connectivity index (χ1n) is 5.60. The third-order valence-corrected chi connectivity index (χ3v) is 2.84. The zero-order chi connectivity index (χ0) is 12.1. The highest BCUT2D eigenvalue weighted by atomic mass is 16.5. The first-order chi connectivity index (χ1) is 8.31. The van der Waals surface area contributed by atoms with Gasteiger partial charge in [-0.3, -0.25) is 0 Å². The topological polar surface area (TPSA) is 52.6 Å². The second kappa shape index (κ2) is 5.59. The standard InChI is InChI=1S/C13H14O4/c14-8-12-11(6-7-16-12)9-17-13(15)10-4-2-1-3-5-10/h1-5,8,11-12H,6-7,9H2/t11-,12-/m0/s1. The summed E-state index contributed by atoms with van der Waals surface area (Å²) in [6.45, 7) is 0.786. The van der Waals surface area contributed by atoms with E-state index in [0.29, 0.717) is 12.2 Å². The molecule has 0 saturated carbocycles. The molecule has 0 bridgehead atoms. The molecule has 1 aliphatic rings. The predicted octanol–water partition coefficient (Wildman–Crippen LogP) is 1.45. The van der Waals surface area contributed by atoms with E-state index >= 15 is 0 Å². The van der Waals surface area contributed by atoms with E-state index in [9.17, 15) is 9.59 Å². The normalized spacial score (nSPS) is 23.3. The summed E-state index contributed by atoms with van der Waals surface area (Å²) < 4.78 is 10.4. The van der Waals surface area contributed by atoms with Crippen molar-refractivity contribution in [1.82, 2.24) is 0 Å². The molecule has 0 N–H and O–H groups in total. The van der Waals surface area contributed by atoms with Crippen LogP contribution in [0.4, 0.5) is 0 Å². The van der Waals surface area contributed by atoms with E-state index in [1.807, 2.05) is 6.07 Å². The van der Waals surface area contributed by atoms with Crippen LogP contribution in [0.1, 0.15) is 16.8 Å². The molecular formula is C13H14O4. The Morgan fingerprint density at radius 2 is 2.18 bits per heavy atom. The van der Waals surface area contributed by atoms with E-state index in [-0.39, 0.29) is 18.5 Å². The molecule has 2 rings (SSSR count). The Labute approximate surface area is 99.5 Å². The highest BCUT2D eigenvalue weighted by Crippen LogP contribution is 2.20. The van der Waals surface area contributed by atoms with Crippen molar-refractivity contribution in [3.8, 4) is 0 Å². The Morgan fingerprint density at radius 1 is 1.41 bits per heavy atom. The van der Waals surface area contributed by atoms with Gasteiger partial charge in [0.1, 0.15) is 12.4 Å². The summed E-state index contributed by atoms with van der Waals surface area (Å²) in [6.07, 6.45) is 1.10. The Kier molecular flexibility index (Phi) is 3.88. The van der Waals surface area contributed by atoms with Gasteiger partial charge in [-0.1, -0.05) is 18.2 Å². The molecule has 90 valence electrons. The molecule has 0 aliphatic carbocycles. The van der Waals surface area contributed by atoms with Crippen LogP contribution < -0.4 is 0 Å². The lowest BCUT2D eigenvalue weighted by atomic mass is 10.0. The maximum Gasteiger partial charge on any atom is 0.338 e. The lowest BCUT2D eigenvalue weighted by Gasteiger charge is -2.13. The van der Waals surface area contributed by atoms with Crippen molar-refractivity contribution in [2.24, 2.45) is 5.92 Å². The molecule has 0 radical (unpaired) electrons. The summed E-state index contributed by atoms with van der Waals surface area (Å²) in [4.78, 5) is 22.3. The number of benzene rings is 1. The summed E-state index contributed by atoms with van der Waals surface area (Å²) >= 11 is 0. The third-order valence-electron chi connectivity index (χ3n) is 2.84. The van der Waals surface area contributed by atoms with Crippen LogP contribution in [0.15, 0.2) is 30.3 Å². The van der Waals surface area contributed by atoms with E-state index < -0.39 is 6.10 Å². The Morgan fingerprint density at radius 3 is 2.88 bits per heavy atom. The quantitative estimate of drug-likeness (QED) is 0.584. The SMILES string of the molecule is O=C[C@@H]1OCC[C@H]1COC(=O)c1ccccc1. The monoisotopic (exact) mass is 234 g/mol. The number of rotatable bonds is 4. The lowest BCUT2D eigenvalue weighted by Crippen LogP contribution is -2.23. The van der Waals surface area contributed by atoms with Crippen molar-refractivity contribution in [3.05, 3.63) is 35.9 Å². The van der Waals surface area contributed by atoms with E-state index in [1.165, 1.54) is 0 Å². The average Bonchev–Trinajstić information content (AvgIpc) is 2.84. The molecule has 1 heterocycles. The van der Waals surface area contributed by atoms with Gasteiger partial charge in [0.15, 0.2) is 0 Å². The lowest BCUT2D eigenvalue weighted by molar-refractivity contribution is -0.117. The first-order valence-corrected chi connectivity index (χ1v) is 5.60. The minimum atomic E-state index is -0.432. The van der Waals surface area contributed by atoms with Gasteiger partial charge in [-0.05, 0) is 18.6 Å². The van der Waals surface area contributed by atoms with Crippen LogP contribution in [-0.2, 0) is 14.3 Å². The molecule has 4 nitrogen and oxygen atoms in total. The van der Waals surface area contributed by atoms with E-state index in [2.05, 4.69) is 0 Å². The Balaban J connectivity index is 1.86. The van der Waals surface area contributed by atoms with Gasteiger partial charge >= 0.3 is 5.97 Å². The van der Waals surface area contributed by atoms with Crippen molar-refractivity contribution in [2.75, 3.05) is 13.2 Å². The fraction of sp³-hybridized carbons (Fsp3) is 0.385. The molecule has 17 heavy (non-hydrogen) atoms. The number of carbonyl (C=O) groups is 2. The maximum absolute atomic E-state index is 11.6. The van der Waals surface area contributed by atoms with Gasteiger partial charge < -0.3 is 14.3 Å². The van der Waals surface area contributed by atoms with Crippen molar-refractivity contribution < 1.29 is 19.1 Å². The van der Waals surface area contributed by atoms with Crippen LogP contribution in [0.3, 0.4) is 0 Å². The van der Waals surface area contributed by atoms with Gasteiger partial charge in [-0.15, -0.1) is 0 Å². The third kappa shape index (κ3) is 2.91. The fourth-order valence-electron chi connectivity index (χ4n) is 1.82.